The summed E-state index contributed by atoms with van der Waals surface area (Å²) in [5.74, 6) is -3.03. The fourth-order valence-corrected chi connectivity index (χ4v) is 4.34. The number of hydrogen-bond acceptors (Lipinski definition) is 5. The molecule has 1 fully saturated rings. The fraction of sp³-hybridized carbons (Fsp3) is 0.250. The van der Waals surface area contributed by atoms with Crippen molar-refractivity contribution in [3.63, 3.8) is 0 Å². The van der Waals surface area contributed by atoms with Gasteiger partial charge in [-0.25, -0.2) is 17.6 Å². The van der Waals surface area contributed by atoms with Gasteiger partial charge in [0.1, 0.15) is 11.9 Å². The van der Waals surface area contributed by atoms with Crippen LogP contribution in [0, 0.1) is 5.82 Å². The Labute approximate surface area is 148 Å². The molecule has 3 rings (SSSR count). The molecular weight excluding hydrogens is 367 g/mol. The first-order valence-electron chi connectivity index (χ1n) is 7.70. The van der Waals surface area contributed by atoms with Gasteiger partial charge in [-0.15, -0.1) is 0 Å². The Balaban J connectivity index is 1.82. The number of nitrogens with one attached hydrogen (secondary N) is 1. The van der Waals surface area contributed by atoms with E-state index in [1.54, 1.807) is 0 Å². The van der Waals surface area contributed by atoms with Crippen molar-refractivity contribution in [2.45, 2.75) is 24.0 Å². The average molecular weight is 382 g/mol. The van der Waals surface area contributed by atoms with Gasteiger partial charge in [0.25, 0.3) is 10.0 Å². The summed E-state index contributed by atoms with van der Waals surface area (Å²) >= 11 is 0. The number of hydrogen-bond donors (Lipinski definition) is 2. The van der Waals surface area contributed by atoms with Crippen molar-refractivity contribution in [1.29, 1.82) is 0 Å². The van der Waals surface area contributed by atoms with Gasteiger partial charge >= 0.3 is 5.97 Å². The molecule has 1 unspecified atom stereocenters. The lowest BCUT2D eigenvalue weighted by Crippen LogP contribution is -2.43. The van der Waals surface area contributed by atoms with Crippen LogP contribution in [0.1, 0.15) is 23.4 Å². The summed E-state index contributed by atoms with van der Waals surface area (Å²) in [6.45, 7) is 0.0900. The third-order valence-corrected chi connectivity index (χ3v) is 5.74. The molecule has 138 valence electrons. The number of nitrogens with zero attached hydrogens (tertiary/aromatic N) is 1. The number of aromatic carboxylic acids is 1. The van der Waals surface area contributed by atoms with Crippen LogP contribution in [0.2, 0.25) is 0 Å². The smallest absolute Gasteiger partial charge is 0.371 e. The molecule has 2 heterocycles. The molecule has 1 aliphatic rings. The summed E-state index contributed by atoms with van der Waals surface area (Å²) in [5.41, 5.74) is 0.213. The van der Waals surface area contributed by atoms with E-state index in [-0.39, 0.29) is 18.7 Å². The highest BCUT2D eigenvalue weighted by Gasteiger charge is 2.41. The third-order valence-electron chi connectivity index (χ3n) is 3.95. The molecule has 8 nitrogen and oxygen atoms in total. The maximum atomic E-state index is 13.2. The first-order valence-corrected chi connectivity index (χ1v) is 9.14. The Kier molecular flexibility index (Phi) is 4.79. The van der Waals surface area contributed by atoms with Crippen LogP contribution in [-0.2, 0) is 14.8 Å². The first kappa shape index (κ1) is 18.1. The van der Waals surface area contributed by atoms with Crippen LogP contribution in [0.4, 0.5) is 10.1 Å². The molecule has 10 heteroatoms. The predicted octanol–water partition coefficient (Wildman–Crippen LogP) is 1.91. The van der Waals surface area contributed by atoms with Crippen molar-refractivity contribution in [3.8, 4) is 0 Å². The third kappa shape index (κ3) is 3.46. The number of benzene rings is 1. The van der Waals surface area contributed by atoms with E-state index in [4.69, 9.17) is 9.52 Å². The van der Waals surface area contributed by atoms with Gasteiger partial charge in [0.05, 0.1) is 0 Å². The van der Waals surface area contributed by atoms with Gasteiger partial charge in [0, 0.05) is 12.2 Å². The van der Waals surface area contributed by atoms with E-state index in [0.29, 0.717) is 6.42 Å². The second kappa shape index (κ2) is 6.89. The van der Waals surface area contributed by atoms with Crippen LogP contribution in [0.25, 0.3) is 0 Å². The number of furan rings is 1. The highest BCUT2D eigenvalue weighted by Crippen LogP contribution is 2.28. The Hall–Kier alpha value is -2.72. The number of amides is 1. The number of anilines is 1. The monoisotopic (exact) mass is 382 g/mol. The lowest BCUT2D eigenvalue weighted by atomic mass is 10.2. The van der Waals surface area contributed by atoms with Gasteiger partial charge < -0.3 is 14.8 Å². The Morgan fingerprint density at radius 3 is 2.69 bits per heavy atom. The molecule has 26 heavy (non-hydrogen) atoms. The van der Waals surface area contributed by atoms with Crippen molar-refractivity contribution in [1.82, 2.24) is 4.31 Å². The number of rotatable bonds is 5. The number of sulfonamides is 1. The van der Waals surface area contributed by atoms with Gasteiger partial charge in [0.15, 0.2) is 0 Å². The van der Waals surface area contributed by atoms with Crippen LogP contribution < -0.4 is 5.32 Å². The SMILES string of the molecule is O=C(O)c1ccc(S(=O)(=O)N2CCCC2C(=O)Nc2cccc(F)c2)o1. The topological polar surface area (TPSA) is 117 Å². The van der Waals surface area contributed by atoms with Crippen LogP contribution >= 0.6 is 0 Å². The molecule has 1 amide bonds. The van der Waals surface area contributed by atoms with Crippen LogP contribution in [0.3, 0.4) is 0 Å². The second-order valence-electron chi connectivity index (χ2n) is 5.70. The number of carboxylic acid groups (broad SMARTS) is 1. The molecule has 0 bridgehead atoms. The van der Waals surface area contributed by atoms with Gasteiger partial charge in [-0.1, -0.05) is 6.07 Å². The van der Waals surface area contributed by atoms with E-state index >= 15 is 0 Å². The predicted molar refractivity (Wildman–Crippen MR) is 87.6 cm³/mol. The number of halogens is 1. The minimum absolute atomic E-state index is 0.0900. The van der Waals surface area contributed by atoms with Crippen molar-refractivity contribution in [2.24, 2.45) is 0 Å². The molecule has 2 N–H and O–H groups in total. The number of carbonyl (C=O) groups excluding carboxylic acids is 1. The number of carboxylic acids is 1. The van der Waals surface area contributed by atoms with Gasteiger partial charge in [-0.2, -0.15) is 4.31 Å². The van der Waals surface area contributed by atoms with E-state index in [2.05, 4.69) is 5.32 Å². The van der Waals surface area contributed by atoms with Crippen LogP contribution in [-0.4, -0.2) is 42.3 Å². The van der Waals surface area contributed by atoms with Crippen molar-refractivity contribution in [3.05, 3.63) is 48.0 Å². The lowest BCUT2D eigenvalue weighted by Gasteiger charge is -2.22. The van der Waals surface area contributed by atoms with Crippen molar-refractivity contribution in [2.75, 3.05) is 11.9 Å². The minimum atomic E-state index is -4.18. The second-order valence-corrected chi connectivity index (χ2v) is 7.52. The maximum Gasteiger partial charge on any atom is 0.371 e. The fourth-order valence-electron chi connectivity index (χ4n) is 2.77. The van der Waals surface area contributed by atoms with E-state index in [9.17, 15) is 22.4 Å². The van der Waals surface area contributed by atoms with E-state index in [1.165, 1.54) is 18.2 Å². The lowest BCUT2D eigenvalue weighted by molar-refractivity contribution is -0.119. The highest BCUT2D eigenvalue weighted by molar-refractivity contribution is 7.89. The standard InChI is InChI=1S/C16H15FN2O6S/c17-10-3-1-4-11(9-10)18-15(20)12-5-2-8-19(12)26(23,24)14-7-6-13(25-14)16(21)22/h1,3-4,6-7,9,12H,2,5,8H2,(H,18,20)(H,21,22). The molecule has 0 aliphatic carbocycles. The van der Waals surface area contributed by atoms with Crippen molar-refractivity contribution < 1.29 is 31.9 Å². The molecule has 1 saturated heterocycles. The molecule has 1 aromatic carbocycles. The molecule has 1 aliphatic heterocycles. The zero-order valence-electron chi connectivity index (χ0n) is 13.4. The zero-order valence-corrected chi connectivity index (χ0v) is 14.2. The quantitative estimate of drug-likeness (QED) is 0.816. The Bertz CT molecular complexity index is 955. The van der Waals surface area contributed by atoms with Crippen molar-refractivity contribution >= 4 is 27.6 Å². The molecule has 0 spiro atoms. The zero-order chi connectivity index (χ0) is 18.9. The van der Waals surface area contributed by atoms with E-state index < -0.39 is 44.6 Å². The number of carbonyl (C=O) groups is 2. The van der Waals surface area contributed by atoms with E-state index in [0.717, 1.165) is 22.5 Å². The molecule has 2 aromatic rings. The minimum Gasteiger partial charge on any atom is -0.475 e. The summed E-state index contributed by atoms with van der Waals surface area (Å²) in [5, 5.41) is 10.8. The van der Waals surface area contributed by atoms with Crippen LogP contribution in [0.15, 0.2) is 45.9 Å². The average Bonchev–Trinajstić information content (AvgIpc) is 3.25. The Morgan fingerprint density at radius 2 is 2.04 bits per heavy atom. The summed E-state index contributed by atoms with van der Waals surface area (Å²) in [6, 6.07) is 6.33. The molecular formula is C16H15FN2O6S. The first-order chi connectivity index (χ1) is 12.3. The largest absolute Gasteiger partial charge is 0.475 e. The molecule has 1 aromatic heterocycles. The molecule has 0 saturated carbocycles. The summed E-state index contributed by atoms with van der Waals surface area (Å²) in [7, 11) is -4.18. The van der Waals surface area contributed by atoms with Gasteiger partial charge in [-0.3, -0.25) is 4.79 Å². The molecule has 0 radical (unpaired) electrons. The van der Waals surface area contributed by atoms with Crippen LogP contribution in [0.5, 0.6) is 0 Å². The van der Waals surface area contributed by atoms with Gasteiger partial charge in [0.2, 0.25) is 16.8 Å². The summed E-state index contributed by atoms with van der Waals surface area (Å²) in [6.07, 6.45) is 0.736. The summed E-state index contributed by atoms with van der Waals surface area (Å²) < 4.78 is 44.5. The van der Waals surface area contributed by atoms with E-state index in [1.807, 2.05) is 0 Å². The van der Waals surface area contributed by atoms with Gasteiger partial charge in [-0.05, 0) is 43.2 Å². The maximum absolute atomic E-state index is 13.2. The summed E-state index contributed by atoms with van der Waals surface area (Å²) in [4.78, 5) is 23.3. The molecule has 1 atom stereocenters. The Morgan fingerprint density at radius 1 is 1.27 bits per heavy atom. The normalized spacial score (nSPS) is 18.0. The highest BCUT2D eigenvalue weighted by atomic mass is 32.2.